The number of benzene rings is 1. The predicted molar refractivity (Wildman–Crippen MR) is 85.7 cm³/mol. The Morgan fingerprint density at radius 3 is 2.71 bits per heavy atom. The predicted octanol–water partition coefficient (Wildman–Crippen LogP) is 3.63. The van der Waals surface area contributed by atoms with Crippen molar-refractivity contribution in [2.75, 3.05) is 6.61 Å². The molecule has 3 heteroatoms. The number of nitrogens with one attached hydrogen (secondary N) is 1. The third kappa shape index (κ3) is 3.15. The lowest BCUT2D eigenvalue weighted by atomic mass is 9.73. The van der Waals surface area contributed by atoms with Gasteiger partial charge in [0.2, 0.25) is 0 Å². The Morgan fingerprint density at radius 1 is 1.24 bits per heavy atom. The van der Waals surface area contributed by atoms with Gasteiger partial charge in [0.05, 0.1) is 5.60 Å². The summed E-state index contributed by atoms with van der Waals surface area (Å²) in [4.78, 5) is 0. The van der Waals surface area contributed by atoms with Crippen LogP contribution in [0.15, 0.2) is 24.3 Å². The number of ether oxygens (including phenoxy) is 1. The highest BCUT2D eigenvalue weighted by Gasteiger charge is 2.41. The second kappa shape index (κ2) is 6.47. The maximum Gasteiger partial charge on any atom is 0.0686 e. The van der Waals surface area contributed by atoms with E-state index in [4.69, 9.17) is 10.6 Å². The average Bonchev–Trinajstić information content (AvgIpc) is 2.51. The zero-order valence-electron chi connectivity index (χ0n) is 13.1. The SMILES string of the molecule is Cc1ccccc1C(NN)C1CCOC2(CCCCC2)C1. The van der Waals surface area contributed by atoms with Gasteiger partial charge in [-0.25, -0.2) is 0 Å². The number of hydrogen-bond acceptors (Lipinski definition) is 3. The van der Waals surface area contributed by atoms with E-state index in [9.17, 15) is 0 Å². The summed E-state index contributed by atoms with van der Waals surface area (Å²) in [7, 11) is 0. The highest BCUT2D eigenvalue weighted by molar-refractivity contribution is 5.29. The Morgan fingerprint density at radius 2 is 2.00 bits per heavy atom. The molecule has 3 N–H and O–H groups in total. The minimum Gasteiger partial charge on any atom is -0.375 e. The first-order valence-corrected chi connectivity index (χ1v) is 8.40. The van der Waals surface area contributed by atoms with E-state index in [2.05, 4.69) is 36.6 Å². The molecule has 1 heterocycles. The van der Waals surface area contributed by atoms with Crippen LogP contribution >= 0.6 is 0 Å². The van der Waals surface area contributed by atoms with E-state index < -0.39 is 0 Å². The van der Waals surface area contributed by atoms with E-state index in [-0.39, 0.29) is 11.6 Å². The standard InChI is InChI=1S/C18H28N2O/c1-14-7-3-4-8-16(14)17(20-19)15-9-12-21-18(13-15)10-5-2-6-11-18/h3-4,7-8,15,17,20H,2,5-6,9-13,19H2,1H3. The highest BCUT2D eigenvalue weighted by atomic mass is 16.5. The number of nitrogens with two attached hydrogens (primary N) is 1. The van der Waals surface area contributed by atoms with Crippen molar-refractivity contribution in [3.63, 3.8) is 0 Å². The van der Waals surface area contributed by atoms with Gasteiger partial charge in [0, 0.05) is 12.6 Å². The maximum atomic E-state index is 6.23. The molecule has 0 aromatic heterocycles. The zero-order valence-corrected chi connectivity index (χ0v) is 13.1. The van der Waals surface area contributed by atoms with Crippen molar-refractivity contribution < 1.29 is 4.74 Å². The molecular formula is C18H28N2O. The van der Waals surface area contributed by atoms with Gasteiger partial charge in [-0.3, -0.25) is 11.3 Å². The Balaban J connectivity index is 1.79. The summed E-state index contributed by atoms with van der Waals surface area (Å²) < 4.78 is 6.23. The van der Waals surface area contributed by atoms with Gasteiger partial charge in [0.1, 0.15) is 0 Å². The molecule has 0 amide bonds. The summed E-state index contributed by atoms with van der Waals surface area (Å²) in [5, 5.41) is 0. The van der Waals surface area contributed by atoms with Crippen molar-refractivity contribution in [1.82, 2.24) is 5.43 Å². The first-order valence-electron chi connectivity index (χ1n) is 8.40. The molecule has 2 atom stereocenters. The maximum absolute atomic E-state index is 6.23. The monoisotopic (exact) mass is 288 g/mol. The van der Waals surface area contributed by atoms with Crippen molar-refractivity contribution >= 4 is 0 Å². The Kier molecular flexibility index (Phi) is 4.63. The van der Waals surface area contributed by atoms with Crippen molar-refractivity contribution in [3.05, 3.63) is 35.4 Å². The third-order valence-corrected chi connectivity index (χ3v) is 5.47. The molecule has 3 rings (SSSR count). The van der Waals surface area contributed by atoms with Gasteiger partial charge in [-0.2, -0.15) is 0 Å². The average molecular weight is 288 g/mol. The van der Waals surface area contributed by atoms with E-state index in [1.165, 1.54) is 43.2 Å². The van der Waals surface area contributed by atoms with Crippen LogP contribution in [-0.4, -0.2) is 12.2 Å². The molecule has 1 saturated heterocycles. The van der Waals surface area contributed by atoms with E-state index in [1.54, 1.807) is 0 Å². The van der Waals surface area contributed by atoms with Gasteiger partial charge in [0.15, 0.2) is 0 Å². The lowest BCUT2D eigenvalue weighted by Gasteiger charge is -2.45. The minimum absolute atomic E-state index is 0.138. The van der Waals surface area contributed by atoms with Crippen LogP contribution in [0, 0.1) is 12.8 Å². The summed E-state index contributed by atoms with van der Waals surface area (Å²) in [5.74, 6) is 6.50. The number of aryl methyl sites for hydroxylation is 1. The number of hydrazine groups is 1. The normalized spacial score (nSPS) is 26.7. The Hall–Kier alpha value is -0.900. The topological polar surface area (TPSA) is 47.3 Å². The second-order valence-electron chi connectivity index (χ2n) is 6.85. The van der Waals surface area contributed by atoms with Gasteiger partial charge in [0.25, 0.3) is 0 Å². The van der Waals surface area contributed by atoms with E-state index in [0.717, 1.165) is 19.4 Å². The van der Waals surface area contributed by atoms with Gasteiger partial charge < -0.3 is 4.74 Å². The summed E-state index contributed by atoms with van der Waals surface area (Å²) in [6.07, 6.45) is 8.71. The minimum atomic E-state index is 0.138. The smallest absolute Gasteiger partial charge is 0.0686 e. The molecule has 116 valence electrons. The van der Waals surface area contributed by atoms with Crippen LogP contribution in [0.25, 0.3) is 0 Å². The molecule has 21 heavy (non-hydrogen) atoms. The summed E-state index contributed by atoms with van der Waals surface area (Å²) in [6.45, 7) is 3.06. The van der Waals surface area contributed by atoms with E-state index >= 15 is 0 Å². The lowest BCUT2D eigenvalue weighted by molar-refractivity contribution is -0.122. The zero-order chi connectivity index (χ0) is 14.7. The highest BCUT2D eigenvalue weighted by Crippen LogP contribution is 2.44. The fourth-order valence-electron chi connectivity index (χ4n) is 4.31. The van der Waals surface area contributed by atoms with Crippen molar-refractivity contribution in [3.8, 4) is 0 Å². The summed E-state index contributed by atoms with van der Waals surface area (Å²) >= 11 is 0. The Labute approximate surface area is 128 Å². The molecule has 0 bridgehead atoms. The number of rotatable bonds is 3. The Bertz CT molecular complexity index is 463. The van der Waals surface area contributed by atoms with Crippen LogP contribution in [0.4, 0.5) is 0 Å². The van der Waals surface area contributed by atoms with Crippen LogP contribution < -0.4 is 11.3 Å². The van der Waals surface area contributed by atoms with Crippen LogP contribution in [0.1, 0.15) is 62.1 Å². The quantitative estimate of drug-likeness (QED) is 0.659. The molecule has 1 spiro atoms. The van der Waals surface area contributed by atoms with Gasteiger partial charge in [-0.1, -0.05) is 43.5 Å². The summed E-state index contributed by atoms with van der Waals surface area (Å²) in [6, 6.07) is 8.84. The van der Waals surface area contributed by atoms with Gasteiger partial charge in [-0.05, 0) is 49.7 Å². The fraction of sp³-hybridized carbons (Fsp3) is 0.667. The van der Waals surface area contributed by atoms with Crippen molar-refractivity contribution in [2.45, 2.75) is 63.5 Å². The van der Waals surface area contributed by atoms with Crippen LogP contribution in [0.5, 0.6) is 0 Å². The molecule has 3 nitrogen and oxygen atoms in total. The van der Waals surface area contributed by atoms with Gasteiger partial charge in [-0.15, -0.1) is 0 Å². The molecule has 1 aliphatic heterocycles. The number of hydrogen-bond donors (Lipinski definition) is 2. The third-order valence-electron chi connectivity index (χ3n) is 5.47. The molecule has 2 fully saturated rings. The first kappa shape index (κ1) is 15.0. The molecule has 2 unspecified atom stereocenters. The first-order chi connectivity index (χ1) is 10.2. The molecular weight excluding hydrogens is 260 g/mol. The summed E-state index contributed by atoms with van der Waals surface area (Å²) in [5.41, 5.74) is 5.90. The fourth-order valence-corrected chi connectivity index (χ4v) is 4.31. The van der Waals surface area contributed by atoms with Gasteiger partial charge >= 0.3 is 0 Å². The largest absolute Gasteiger partial charge is 0.375 e. The van der Waals surface area contributed by atoms with Crippen LogP contribution in [0.2, 0.25) is 0 Å². The van der Waals surface area contributed by atoms with E-state index in [1.807, 2.05) is 0 Å². The van der Waals surface area contributed by atoms with Crippen LogP contribution in [-0.2, 0) is 4.74 Å². The molecule has 1 aliphatic carbocycles. The van der Waals surface area contributed by atoms with E-state index in [0.29, 0.717) is 5.92 Å². The molecule has 1 aromatic carbocycles. The molecule has 1 aromatic rings. The lowest BCUT2D eigenvalue weighted by Crippen LogP contribution is -2.46. The molecule has 1 saturated carbocycles. The van der Waals surface area contributed by atoms with Crippen LogP contribution in [0.3, 0.4) is 0 Å². The second-order valence-corrected chi connectivity index (χ2v) is 6.85. The van der Waals surface area contributed by atoms with Crippen molar-refractivity contribution in [1.29, 1.82) is 0 Å². The molecule has 2 aliphatic rings. The van der Waals surface area contributed by atoms with Crippen molar-refractivity contribution in [2.24, 2.45) is 11.8 Å². The molecule has 0 radical (unpaired) electrons.